The Hall–Kier alpha value is -1.23. The summed E-state index contributed by atoms with van der Waals surface area (Å²) in [7, 11) is 0. The fourth-order valence-electron chi connectivity index (χ4n) is 2.77. The monoisotopic (exact) mass is 497 g/mol. The van der Waals surface area contributed by atoms with E-state index < -0.39 is 0 Å². The van der Waals surface area contributed by atoms with Gasteiger partial charge in [0, 0.05) is 37.2 Å². The Balaban J connectivity index is 1.58. The maximum Gasteiger partial charge on any atom is 0.124 e. The Morgan fingerprint density at radius 3 is 2.43 bits per heavy atom. The lowest BCUT2D eigenvalue weighted by atomic mass is 10.1. The van der Waals surface area contributed by atoms with E-state index in [0.717, 1.165) is 39.9 Å². The highest BCUT2D eigenvalue weighted by Gasteiger charge is 2.07. The fraction of sp³-hybridized carbons (Fsp3) is 0.182. The lowest BCUT2D eigenvalue weighted by Gasteiger charge is -2.14. The molecule has 0 heterocycles. The highest BCUT2D eigenvalue weighted by atomic mass is 79.9. The minimum atomic E-state index is 0.425. The van der Waals surface area contributed by atoms with Gasteiger partial charge in [-0.05, 0) is 54.9 Å². The van der Waals surface area contributed by atoms with Crippen molar-refractivity contribution >= 4 is 50.7 Å². The second kappa shape index (κ2) is 10.5. The van der Waals surface area contributed by atoms with Gasteiger partial charge in [-0.15, -0.1) is 0 Å². The minimum Gasteiger partial charge on any atom is -0.489 e. The first-order valence-corrected chi connectivity index (χ1v) is 10.7. The average molecular weight is 500 g/mol. The molecule has 0 unspecified atom stereocenters. The molecule has 0 bridgehead atoms. The lowest BCUT2D eigenvalue weighted by molar-refractivity contribution is 0.302. The Morgan fingerprint density at radius 1 is 0.821 bits per heavy atom. The molecule has 0 atom stereocenters. The van der Waals surface area contributed by atoms with Crippen LogP contribution in [0.3, 0.4) is 0 Å². The number of nitrogens with one attached hydrogen (secondary N) is 1. The minimum absolute atomic E-state index is 0.425. The normalized spacial score (nSPS) is 10.9. The molecule has 0 spiro atoms. The van der Waals surface area contributed by atoms with Crippen molar-refractivity contribution in [2.45, 2.75) is 19.6 Å². The average Bonchev–Trinajstić information content (AvgIpc) is 2.67. The summed E-state index contributed by atoms with van der Waals surface area (Å²) in [5.74, 6) is 0.833. The van der Waals surface area contributed by atoms with Crippen LogP contribution in [0.1, 0.15) is 16.7 Å². The van der Waals surface area contributed by atoms with Gasteiger partial charge in [-0.2, -0.15) is 0 Å². The predicted octanol–water partition coefficient (Wildman–Crippen LogP) is 7.32. The number of benzene rings is 3. The van der Waals surface area contributed by atoms with E-state index in [9.17, 15) is 0 Å². The highest BCUT2D eigenvalue weighted by molar-refractivity contribution is 9.10. The molecule has 3 aromatic carbocycles. The van der Waals surface area contributed by atoms with Gasteiger partial charge in [0.15, 0.2) is 0 Å². The summed E-state index contributed by atoms with van der Waals surface area (Å²) >= 11 is 21.9. The summed E-state index contributed by atoms with van der Waals surface area (Å²) in [6.07, 6.45) is 0.819. The summed E-state index contributed by atoms with van der Waals surface area (Å²) in [6, 6.07) is 19.3. The molecule has 28 heavy (non-hydrogen) atoms. The van der Waals surface area contributed by atoms with Crippen molar-refractivity contribution in [1.29, 1.82) is 0 Å². The molecule has 3 aromatic rings. The smallest absolute Gasteiger partial charge is 0.124 e. The van der Waals surface area contributed by atoms with Crippen LogP contribution >= 0.6 is 50.7 Å². The van der Waals surface area contributed by atoms with Gasteiger partial charge in [-0.25, -0.2) is 0 Å². The second-order valence-corrected chi connectivity index (χ2v) is 8.46. The molecule has 6 heteroatoms. The zero-order chi connectivity index (χ0) is 19.9. The van der Waals surface area contributed by atoms with Crippen LogP contribution in [0.5, 0.6) is 5.75 Å². The van der Waals surface area contributed by atoms with Crippen LogP contribution in [0.4, 0.5) is 0 Å². The molecule has 0 amide bonds. The molecular formula is C22H19BrCl3NO. The number of halogens is 4. The van der Waals surface area contributed by atoms with E-state index in [0.29, 0.717) is 28.2 Å². The number of ether oxygens (including phenoxy) is 1. The maximum atomic E-state index is 6.23. The van der Waals surface area contributed by atoms with Crippen LogP contribution in [0.2, 0.25) is 15.1 Å². The van der Waals surface area contributed by atoms with Crippen molar-refractivity contribution in [3.63, 3.8) is 0 Å². The van der Waals surface area contributed by atoms with Crippen molar-refractivity contribution < 1.29 is 4.74 Å². The van der Waals surface area contributed by atoms with Crippen LogP contribution < -0.4 is 10.1 Å². The molecule has 0 saturated heterocycles. The Bertz CT molecular complexity index is 949. The molecule has 0 radical (unpaired) electrons. The third-order valence-electron chi connectivity index (χ3n) is 4.27. The first-order valence-electron chi connectivity index (χ1n) is 8.82. The van der Waals surface area contributed by atoms with Crippen molar-refractivity contribution in [2.24, 2.45) is 0 Å². The van der Waals surface area contributed by atoms with Crippen molar-refractivity contribution in [1.82, 2.24) is 5.32 Å². The second-order valence-electron chi connectivity index (χ2n) is 6.29. The molecule has 3 rings (SSSR count). The quantitative estimate of drug-likeness (QED) is 0.328. The van der Waals surface area contributed by atoms with Gasteiger partial charge in [0.05, 0.1) is 0 Å². The van der Waals surface area contributed by atoms with Gasteiger partial charge < -0.3 is 10.1 Å². The first kappa shape index (κ1) is 21.5. The van der Waals surface area contributed by atoms with E-state index in [4.69, 9.17) is 39.5 Å². The molecule has 146 valence electrons. The number of hydrogen-bond acceptors (Lipinski definition) is 2. The van der Waals surface area contributed by atoms with Crippen molar-refractivity contribution in [3.05, 3.63) is 96.9 Å². The molecule has 0 aliphatic carbocycles. The van der Waals surface area contributed by atoms with E-state index in [2.05, 4.69) is 27.3 Å². The van der Waals surface area contributed by atoms with E-state index >= 15 is 0 Å². The zero-order valence-electron chi connectivity index (χ0n) is 15.0. The van der Waals surface area contributed by atoms with Gasteiger partial charge >= 0.3 is 0 Å². The summed E-state index contributed by atoms with van der Waals surface area (Å²) in [6.45, 7) is 1.90. The number of hydrogen-bond donors (Lipinski definition) is 1. The third-order valence-corrected chi connectivity index (χ3v) is 5.71. The van der Waals surface area contributed by atoms with Crippen LogP contribution in [-0.2, 0) is 19.6 Å². The van der Waals surface area contributed by atoms with Crippen LogP contribution in [0.15, 0.2) is 65.1 Å². The standard InChI is InChI=1S/C22H19BrCl3NO/c23-18-6-8-22(28-14-16-3-1-2-4-20(16)25)17(11-18)13-27-10-9-15-5-7-19(24)12-21(15)26/h1-8,11-12,27H,9-10,13-14H2. The fourth-order valence-corrected chi connectivity index (χ4v) is 3.87. The van der Waals surface area contributed by atoms with Gasteiger partial charge in [0.25, 0.3) is 0 Å². The predicted molar refractivity (Wildman–Crippen MR) is 122 cm³/mol. The summed E-state index contributed by atoms with van der Waals surface area (Å²) in [4.78, 5) is 0. The highest BCUT2D eigenvalue weighted by Crippen LogP contribution is 2.26. The third kappa shape index (κ3) is 6.13. The van der Waals surface area contributed by atoms with Gasteiger partial charge in [-0.3, -0.25) is 0 Å². The Labute approximate surface area is 188 Å². The molecule has 0 fully saturated rings. The Kier molecular flexibility index (Phi) is 8.07. The molecule has 0 aliphatic rings. The van der Waals surface area contributed by atoms with E-state index in [1.807, 2.05) is 48.5 Å². The molecule has 0 aliphatic heterocycles. The molecule has 2 nitrogen and oxygen atoms in total. The van der Waals surface area contributed by atoms with E-state index in [-0.39, 0.29) is 0 Å². The van der Waals surface area contributed by atoms with Crippen molar-refractivity contribution in [3.8, 4) is 5.75 Å². The van der Waals surface area contributed by atoms with Gasteiger partial charge in [0.1, 0.15) is 12.4 Å². The van der Waals surface area contributed by atoms with Crippen LogP contribution in [-0.4, -0.2) is 6.54 Å². The van der Waals surface area contributed by atoms with Crippen molar-refractivity contribution in [2.75, 3.05) is 6.54 Å². The molecule has 0 saturated carbocycles. The van der Waals surface area contributed by atoms with Gasteiger partial charge in [-0.1, -0.05) is 75.0 Å². The van der Waals surface area contributed by atoms with Crippen LogP contribution in [0, 0.1) is 0 Å². The Morgan fingerprint density at radius 2 is 1.64 bits per heavy atom. The van der Waals surface area contributed by atoms with E-state index in [1.165, 1.54) is 0 Å². The summed E-state index contributed by atoms with van der Waals surface area (Å²) < 4.78 is 7.03. The van der Waals surface area contributed by atoms with E-state index in [1.54, 1.807) is 6.07 Å². The zero-order valence-corrected chi connectivity index (χ0v) is 18.9. The largest absolute Gasteiger partial charge is 0.489 e. The maximum absolute atomic E-state index is 6.23. The number of rotatable bonds is 8. The molecule has 0 aromatic heterocycles. The lowest BCUT2D eigenvalue weighted by Crippen LogP contribution is -2.17. The topological polar surface area (TPSA) is 21.3 Å². The summed E-state index contributed by atoms with van der Waals surface area (Å²) in [5.41, 5.74) is 3.11. The SMILES string of the molecule is Clc1ccc(CCNCc2cc(Br)ccc2OCc2ccccc2Cl)c(Cl)c1. The van der Waals surface area contributed by atoms with Crippen LogP contribution in [0.25, 0.3) is 0 Å². The molecular weight excluding hydrogens is 481 g/mol. The molecule has 1 N–H and O–H groups in total. The van der Waals surface area contributed by atoms with Gasteiger partial charge in [0.2, 0.25) is 0 Å². The summed E-state index contributed by atoms with van der Waals surface area (Å²) in [5, 5.41) is 5.50. The first-order chi connectivity index (χ1) is 13.5.